The molecule has 4 heteroatoms. The summed E-state index contributed by atoms with van der Waals surface area (Å²) in [5, 5.41) is 15.0. The predicted molar refractivity (Wildman–Crippen MR) is 93.1 cm³/mol. The molecule has 0 atom stereocenters. The summed E-state index contributed by atoms with van der Waals surface area (Å²) >= 11 is 0. The van der Waals surface area contributed by atoms with Gasteiger partial charge in [-0.1, -0.05) is 36.4 Å². The molecule has 0 bridgehead atoms. The first kappa shape index (κ1) is 14.3. The number of benzene rings is 2. The molecule has 118 valence electrons. The average molecular weight is 316 g/mol. The molecular formula is C20H16N2O2. The van der Waals surface area contributed by atoms with Crippen molar-refractivity contribution in [2.24, 2.45) is 0 Å². The molecule has 0 aliphatic rings. The molecule has 0 fully saturated rings. The maximum absolute atomic E-state index is 10.3. The van der Waals surface area contributed by atoms with E-state index in [-0.39, 0.29) is 5.75 Å². The second-order valence-corrected chi connectivity index (χ2v) is 5.55. The third kappa shape index (κ3) is 2.29. The zero-order chi connectivity index (χ0) is 16.5. The van der Waals surface area contributed by atoms with E-state index >= 15 is 0 Å². The van der Waals surface area contributed by atoms with Gasteiger partial charge in [-0.25, -0.2) is 4.68 Å². The van der Waals surface area contributed by atoms with Crippen LogP contribution in [0.4, 0.5) is 0 Å². The number of phenolic OH excluding ortho intramolecular Hbond substituents is 1. The highest BCUT2D eigenvalue weighted by atomic mass is 16.3. The number of furan rings is 1. The maximum Gasteiger partial charge on any atom is 0.153 e. The maximum atomic E-state index is 10.3. The highest BCUT2D eigenvalue weighted by Crippen LogP contribution is 2.40. The van der Waals surface area contributed by atoms with E-state index in [4.69, 9.17) is 9.52 Å². The normalized spacial score (nSPS) is 10.9. The zero-order valence-electron chi connectivity index (χ0n) is 13.2. The fourth-order valence-corrected chi connectivity index (χ4v) is 2.93. The fraction of sp³-hybridized carbons (Fsp3) is 0.0500. The summed E-state index contributed by atoms with van der Waals surface area (Å²) in [4.78, 5) is 0. The predicted octanol–water partition coefficient (Wildman–Crippen LogP) is 4.81. The Kier molecular flexibility index (Phi) is 3.43. The first-order valence-electron chi connectivity index (χ1n) is 7.73. The molecule has 2 heterocycles. The molecule has 0 saturated carbocycles. The Hall–Kier alpha value is -3.27. The molecule has 4 nitrogen and oxygen atoms in total. The van der Waals surface area contributed by atoms with Gasteiger partial charge in [-0.3, -0.25) is 0 Å². The van der Waals surface area contributed by atoms with Gasteiger partial charge in [0.1, 0.15) is 11.4 Å². The highest BCUT2D eigenvalue weighted by Gasteiger charge is 2.22. The Balaban J connectivity index is 2.05. The number of hydrogen-bond donors (Lipinski definition) is 1. The molecule has 0 saturated heterocycles. The lowest BCUT2D eigenvalue weighted by Crippen LogP contribution is -1.98. The zero-order valence-corrected chi connectivity index (χ0v) is 13.2. The molecule has 24 heavy (non-hydrogen) atoms. The van der Waals surface area contributed by atoms with Crippen LogP contribution in [-0.4, -0.2) is 14.9 Å². The SMILES string of the molecule is Cc1nn(-c2ccccc2)c(-c2ccco2)c1-c1ccccc1O. The number of hydrogen-bond acceptors (Lipinski definition) is 3. The van der Waals surface area contributed by atoms with Gasteiger partial charge in [-0.2, -0.15) is 5.10 Å². The van der Waals surface area contributed by atoms with Gasteiger partial charge in [0, 0.05) is 11.1 Å². The van der Waals surface area contributed by atoms with Crippen molar-refractivity contribution in [2.75, 3.05) is 0 Å². The van der Waals surface area contributed by atoms with Crippen LogP contribution >= 0.6 is 0 Å². The first-order valence-corrected chi connectivity index (χ1v) is 7.73. The van der Waals surface area contributed by atoms with Gasteiger partial charge in [-0.05, 0) is 37.3 Å². The summed E-state index contributed by atoms with van der Waals surface area (Å²) in [5.41, 5.74) is 4.20. The lowest BCUT2D eigenvalue weighted by molar-refractivity contribution is 0.477. The van der Waals surface area contributed by atoms with Gasteiger partial charge < -0.3 is 9.52 Å². The molecule has 4 rings (SSSR count). The van der Waals surface area contributed by atoms with Crippen LogP contribution in [0.15, 0.2) is 77.4 Å². The quantitative estimate of drug-likeness (QED) is 0.590. The smallest absolute Gasteiger partial charge is 0.153 e. The van der Waals surface area contributed by atoms with Crippen molar-refractivity contribution < 1.29 is 9.52 Å². The molecule has 0 spiro atoms. The van der Waals surface area contributed by atoms with E-state index in [1.807, 2.05) is 72.3 Å². The van der Waals surface area contributed by atoms with E-state index in [9.17, 15) is 5.11 Å². The summed E-state index contributed by atoms with van der Waals surface area (Å²) < 4.78 is 7.51. The van der Waals surface area contributed by atoms with Gasteiger partial charge in [0.15, 0.2) is 5.76 Å². The summed E-state index contributed by atoms with van der Waals surface area (Å²) in [6.07, 6.45) is 1.64. The van der Waals surface area contributed by atoms with E-state index in [2.05, 4.69) is 0 Å². The van der Waals surface area contributed by atoms with Crippen molar-refractivity contribution in [3.05, 3.63) is 78.7 Å². The summed E-state index contributed by atoms with van der Waals surface area (Å²) in [7, 11) is 0. The molecule has 4 aromatic rings. The van der Waals surface area contributed by atoms with Gasteiger partial charge in [-0.15, -0.1) is 0 Å². The number of phenols is 1. The van der Waals surface area contributed by atoms with E-state index in [0.717, 1.165) is 28.2 Å². The third-order valence-electron chi connectivity index (χ3n) is 3.99. The largest absolute Gasteiger partial charge is 0.507 e. The van der Waals surface area contributed by atoms with Crippen LogP contribution in [0.2, 0.25) is 0 Å². The molecular weight excluding hydrogens is 300 g/mol. The number of nitrogens with zero attached hydrogens (tertiary/aromatic N) is 2. The fourth-order valence-electron chi connectivity index (χ4n) is 2.93. The van der Waals surface area contributed by atoms with Crippen molar-refractivity contribution >= 4 is 0 Å². The molecule has 0 amide bonds. The Morgan fingerprint density at radius 3 is 2.38 bits per heavy atom. The van der Waals surface area contributed by atoms with Crippen molar-refractivity contribution in [1.82, 2.24) is 9.78 Å². The van der Waals surface area contributed by atoms with Gasteiger partial charge >= 0.3 is 0 Å². The summed E-state index contributed by atoms with van der Waals surface area (Å²) in [5.74, 6) is 0.929. The van der Waals surface area contributed by atoms with Crippen LogP contribution in [0, 0.1) is 6.92 Å². The topological polar surface area (TPSA) is 51.2 Å². The number of para-hydroxylation sites is 2. The number of aryl methyl sites for hydroxylation is 1. The Morgan fingerprint density at radius 1 is 0.917 bits per heavy atom. The van der Waals surface area contributed by atoms with Crippen LogP contribution in [0.3, 0.4) is 0 Å². The molecule has 2 aromatic carbocycles. The van der Waals surface area contributed by atoms with Gasteiger partial charge in [0.2, 0.25) is 0 Å². The standard InChI is InChI=1S/C20H16N2O2/c1-14-19(16-10-5-6-11-17(16)23)20(18-12-7-13-24-18)22(21-14)15-8-3-2-4-9-15/h2-13,23H,1H3. The Labute approximate surface area is 139 Å². The average Bonchev–Trinajstić information content (AvgIpc) is 3.24. The van der Waals surface area contributed by atoms with Crippen molar-refractivity contribution in [1.29, 1.82) is 0 Å². The highest BCUT2D eigenvalue weighted by molar-refractivity contribution is 5.85. The summed E-state index contributed by atoms with van der Waals surface area (Å²) in [6.45, 7) is 1.94. The summed E-state index contributed by atoms with van der Waals surface area (Å²) in [6, 6.07) is 20.9. The number of rotatable bonds is 3. The Bertz CT molecular complexity index is 970. The first-order chi connectivity index (χ1) is 11.8. The third-order valence-corrected chi connectivity index (χ3v) is 3.99. The molecule has 0 unspecified atom stereocenters. The van der Waals surface area contributed by atoms with Crippen LogP contribution in [0.1, 0.15) is 5.69 Å². The van der Waals surface area contributed by atoms with E-state index in [0.29, 0.717) is 5.76 Å². The minimum absolute atomic E-state index is 0.223. The van der Waals surface area contributed by atoms with Crippen molar-refractivity contribution in [2.45, 2.75) is 6.92 Å². The minimum Gasteiger partial charge on any atom is -0.507 e. The van der Waals surface area contributed by atoms with Crippen molar-refractivity contribution in [3.63, 3.8) is 0 Å². The lowest BCUT2D eigenvalue weighted by atomic mass is 10.0. The van der Waals surface area contributed by atoms with E-state index in [1.54, 1.807) is 12.3 Å². The lowest BCUT2D eigenvalue weighted by Gasteiger charge is -2.09. The van der Waals surface area contributed by atoms with Crippen LogP contribution < -0.4 is 0 Å². The van der Waals surface area contributed by atoms with Gasteiger partial charge in [0.25, 0.3) is 0 Å². The van der Waals surface area contributed by atoms with E-state index < -0.39 is 0 Å². The molecule has 2 aromatic heterocycles. The molecule has 1 N–H and O–H groups in total. The molecule has 0 aliphatic carbocycles. The van der Waals surface area contributed by atoms with Crippen LogP contribution in [0.5, 0.6) is 5.75 Å². The van der Waals surface area contributed by atoms with Crippen molar-refractivity contribution in [3.8, 4) is 34.0 Å². The van der Waals surface area contributed by atoms with Crippen LogP contribution in [-0.2, 0) is 0 Å². The second kappa shape index (κ2) is 5.74. The minimum atomic E-state index is 0.223. The van der Waals surface area contributed by atoms with E-state index in [1.165, 1.54) is 0 Å². The number of aromatic hydroxyl groups is 1. The van der Waals surface area contributed by atoms with Crippen LogP contribution in [0.25, 0.3) is 28.3 Å². The van der Waals surface area contributed by atoms with Gasteiger partial charge in [0.05, 0.1) is 17.6 Å². The Morgan fingerprint density at radius 2 is 1.67 bits per heavy atom. The number of aromatic nitrogens is 2. The second-order valence-electron chi connectivity index (χ2n) is 5.55. The molecule has 0 radical (unpaired) electrons. The monoisotopic (exact) mass is 316 g/mol. The molecule has 0 aliphatic heterocycles.